The molecule has 54 heavy (non-hydrogen) atoms. The highest BCUT2D eigenvalue weighted by Gasteiger charge is 2.47. The Labute approximate surface area is 317 Å². The lowest BCUT2D eigenvalue weighted by Gasteiger charge is -2.34. The molecule has 9 aromatic carbocycles. The molecule has 0 fully saturated rings. The van der Waals surface area contributed by atoms with Gasteiger partial charge in [-0.3, -0.25) is 0 Å². The maximum atomic E-state index is 2.47. The Morgan fingerprint density at radius 1 is 0.333 bits per heavy atom. The highest BCUT2D eigenvalue weighted by atomic mass is 15.1. The molecule has 1 nitrogen and oxygen atoms in total. The van der Waals surface area contributed by atoms with E-state index in [2.05, 4.69) is 229 Å². The normalized spacial score (nSPS) is 12.6. The van der Waals surface area contributed by atoms with E-state index in [1.807, 2.05) is 0 Å². The lowest BCUT2D eigenvalue weighted by atomic mass is 9.68. The summed E-state index contributed by atoms with van der Waals surface area (Å²) in [6.07, 6.45) is 0. The fourth-order valence-corrected chi connectivity index (χ4v) is 8.83. The second-order valence-corrected chi connectivity index (χ2v) is 14.1. The first kappa shape index (κ1) is 31.7. The minimum atomic E-state index is -0.493. The average molecular weight is 688 g/mol. The number of hydrogen-bond acceptors (Lipinski definition) is 1. The van der Waals surface area contributed by atoms with Crippen LogP contribution in [-0.4, -0.2) is 0 Å². The van der Waals surface area contributed by atoms with E-state index < -0.39 is 5.41 Å². The van der Waals surface area contributed by atoms with Gasteiger partial charge in [0.15, 0.2) is 0 Å². The van der Waals surface area contributed by atoms with E-state index in [4.69, 9.17) is 0 Å². The molecular formula is C53H37N. The highest BCUT2D eigenvalue weighted by Crippen LogP contribution is 2.59. The van der Waals surface area contributed by atoms with Gasteiger partial charge in [0.25, 0.3) is 0 Å². The summed E-state index contributed by atoms with van der Waals surface area (Å²) in [6.45, 7) is 0. The van der Waals surface area contributed by atoms with Crippen molar-refractivity contribution in [2.45, 2.75) is 5.41 Å². The minimum absolute atomic E-state index is 0.493. The summed E-state index contributed by atoms with van der Waals surface area (Å²) >= 11 is 0. The Morgan fingerprint density at radius 2 is 0.833 bits per heavy atom. The van der Waals surface area contributed by atoms with Gasteiger partial charge in [-0.2, -0.15) is 0 Å². The Balaban J connectivity index is 1.26. The van der Waals surface area contributed by atoms with Crippen LogP contribution in [0.25, 0.3) is 44.2 Å². The topological polar surface area (TPSA) is 3.24 Å². The zero-order valence-electron chi connectivity index (χ0n) is 29.8. The number of hydrogen-bond donors (Lipinski definition) is 0. The molecule has 0 aromatic heterocycles. The van der Waals surface area contributed by atoms with Gasteiger partial charge < -0.3 is 4.90 Å². The Kier molecular flexibility index (Phi) is 7.78. The SMILES string of the molecule is c1ccc(-c2cccc(N(c3cccc(-c4cccc5ccccc45)c3)c3cccc4c3-c3ccccc3C4(c3ccccc3)c3ccccc3)c2)cc1. The second kappa shape index (κ2) is 13.2. The monoisotopic (exact) mass is 687 g/mol. The molecule has 0 saturated carbocycles. The van der Waals surface area contributed by atoms with Crippen molar-refractivity contribution in [2.24, 2.45) is 0 Å². The molecule has 0 spiro atoms. The molecule has 0 radical (unpaired) electrons. The van der Waals surface area contributed by atoms with Crippen LogP contribution < -0.4 is 4.90 Å². The van der Waals surface area contributed by atoms with Crippen LogP contribution in [0.15, 0.2) is 224 Å². The van der Waals surface area contributed by atoms with Crippen molar-refractivity contribution >= 4 is 27.8 Å². The third-order valence-corrected chi connectivity index (χ3v) is 11.1. The van der Waals surface area contributed by atoms with Crippen LogP contribution in [0.1, 0.15) is 22.3 Å². The van der Waals surface area contributed by atoms with E-state index in [9.17, 15) is 0 Å². The molecule has 1 aliphatic carbocycles. The maximum Gasteiger partial charge on any atom is 0.0714 e. The molecule has 0 atom stereocenters. The fourth-order valence-electron chi connectivity index (χ4n) is 8.83. The summed E-state index contributed by atoms with van der Waals surface area (Å²) in [4.78, 5) is 2.47. The van der Waals surface area contributed by atoms with Gasteiger partial charge in [0, 0.05) is 16.9 Å². The first-order valence-corrected chi connectivity index (χ1v) is 18.7. The summed E-state index contributed by atoms with van der Waals surface area (Å²) in [5.41, 5.74) is 15.3. The van der Waals surface area contributed by atoms with E-state index in [0.717, 1.165) is 17.1 Å². The van der Waals surface area contributed by atoms with Gasteiger partial charge in [-0.05, 0) is 91.2 Å². The molecule has 1 aliphatic rings. The molecule has 10 rings (SSSR count). The highest BCUT2D eigenvalue weighted by molar-refractivity contribution is 6.00. The van der Waals surface area contributed by atoms with Crippen molar-refractivity contribution < 1.29 is 0 Å². The van der Waals surface area contributed by atoms with E-state index in [0.29, 0.717) is 0 Å². The van der Waals surface area contributed by atoms with Crippen LogP contribution in [0.2, 0.25) is 0 Å². The fraction of sp³-hybridized carbons (Fsp3) is 0.0189. The first-order chi connectivity index (χ1) is 26.8. The van der Waals surface area contributed by atoms with Crippen LogP contribution in [0.5, 0.6) is 0 Å². The zero-order chi connectivity index (χ0) is 35.9. The van der Waals surface area contributed by atoms with Gasteiger partial charge in [-0.15, -0.1) is 0 Å². The molecule has 0 amide bonds. The maximum absolute atomic E-state index is 2.47. The van der Waals surface area contributed by atoms with Crippen molar-refractivity contribution in [1.82, 2.24) is 0 Å². The lowest BCUT2D eigenvalue weighted by molar-refractivity contribution is 0.768. The standard InChI is InChI=1S/C53H37N/c1-4-18-38(19-5-1)40-22-14-28-44(36-40)54(45-29-15-23-41(37-45)47-32-16-21-39-20-10-11-30-46(39)47)51-35-17-34-50-52(51)48-31-12-13-33-49(48)53(50,42-24-6-2-7-25-42)43-26-8-3-9-27-43/h1-37H. The van der Waals surface area contributed by atoms with E-state index in [-0.39, 0.29) is 0 Å². The van der Waals surface area contributed by atoms with Crippen LogP contribution >= 0.6 is 0 Å². The third kappa shape index (κ3) is 5.09. The van der Waals surface area contributed by atoms with Gasteiger partial charge in [0.2, 0.25) is 0 Å². The predicted octanol–water partition coefficient (Wildman–Crippen LogP) is 14.0. The van der Waals surface area contributed by atoms with Crippen LogP contribution in [-0.2, 0) is 5.41 Å². The van der Waals surface area contributed by atoms with E-state index in [1.54, 1.807) is 0 Å². The molecule has 0 heterocycles. The van der Waals surface area contributed by atoms with E-state index >= 15 is 0 Å². The van der Waals surface area contributed by atoms with Gasteiger partial charge in [-0.25, -0.2) is 0 Å². The number of nitrogens with zero attached hydrogens (tertiary/aromatic N) is 1. The van der Waals surface area contributed by atoms with Crippen LogP contribution in [0.3, 0.4) is 0 Å². The van der Waals surface area contributed by atoms with Crippen molar-refractivity contribution in [1.29, 1.82) is 0 Å². The van der Waals surface area contributed by atoms with E-state index in [1.165, 1.54) is 66.4 Å². The minimum Gasteiger partial charge on any atom is -0.310 e. The molecule has 0 saturated heterocycles. The van der Waals surface area contributed by atoms with Crippen LogP contribution in [0.4, 0.5) is 17.1 Å². The molecule has 0 aliphatic heterocycles. The lowest BCUT2D eigenvalue weighted by Crippen LogP contribution is -2.28. The first-order valence-electron chi connectivity index (χ1n) is 18.7. The summed E-state index contributed by atoms with van der Waals surface area (Å²) in [7, 11) is 0. The molecule has 1 heteroatoms. The zero-order valence-corrected chi connectivity index (χ0v) is 29.8. The Morgan fingerprint density at radius 3 is 1.57 bits per heavy atom. The molecule has 0 unspecified atom stereocenters. The smallest absolute Gasteiger partial charge is 0.0714 e. The Hall–Kier alpha value is -6.96. The quantitative estimate of drug-likeness (QED) is 0.161. The number of fused-ring (bicyclic) bond motifs is 4. The van der Waals surface area contributed by atoms with Gasteiger partial charge in [0.1, 0.15) is 0 Å². The molecule has 9 aromatic rings. The summed E-state index contributed by atoms with van der Waals surface area (Å²) in [5.74, 6) is 0. The van der Waals surface area contributed by atoms with Crippen molar-refractivity contribution in [3.63, 3.8) is 0 Å². The number of benzene rings is 9. The molecule has 0 bridgehead atoms. The second-order valence-electron chi connectivity index (χ2n) is 14.1. The van der Waals surface area contributed by atoms with Gasteiger partial charge >= 0.3 is 0 Å². The third-order valence-electron chi connectivity index (χ3n) is 11.1. The van der Waals surface area contributed by atoms with Crippen molar-refractivity contribution in [3.05, 3.63) is 247 Å². The van der Waals surface area contributed by atoms with Gasteiger partial charge in [0.05, 0.1) is 11.1 Å². The van der Waals surface area contributed by atoms with Gasteiger partial charge in [-0.1, -0.05) is 194 Å². The summed E-state index contributed by atoms with van der Waals surface area (Å²) in [5, 5.41) is 2.49. The van der Waals surface area contributed by atoms with Crippen molar-refractivity contribution in [2.75, 3.05) is 4.90 Å². The number of anilines is 3. The Bertz CT molecular complexity index is 2720. The summed E-state index contributed by atoms with van der Waals surface area (Å²) < 4.78 is 0. The number of rotatable bonds is 7. The summed E-state index contributed by atoms with van der Waals surface area (Å²) in [6, 6.07) is 82.0. The molecule has 0 N–H and O–H groups in total. The largest absolute Gasteiger partial charge is 0.310 e. The molecule has 254 valence electrons. The van der Waals surface area contributed by atoms with Crippen molar-refractivity contribution in [3.8, 4) is 33.4 Å². The predicted molar refractivity (Wildman–Crippen MR) is 227 cm³/mol. The molecular weight excluding hydrogens is 651 g/mol. The average Bonchev–Trinajstić information content (AvgIpc) is 3.56. The van der Waals surface area contributed by atoms with Crippen LogP contribution in [0, 0.1) is 0 Å².